The van der Waals surface area contributed by atoms with Crippen molar-refractivity contribution in [3.63, 3.8) is 0 Å². The van der Waals surface area contributed by atoms with Crippen LogP contribution in [0.2, 0.25) is 0 Å². The van der Waals surface area contributed by atoms with Crippen LogP contribution in [0.1, 0.15) is 18.9 Å². The molecule has 2 rings (SSSR count). The Balaban J connectivity index is 1.69. The lowest BCUT2D eigenvalue weighted by Gasteiger charge is -2.14. The summed E-state index contributed by atoms with van der Waals surface area (Å²) in [6, 6.07) is 11.0. The Hall–Kier alpha value is -2.56. The maximum absolute atomic E-state index is 11.9. The summed E-state index contributed by atoms with van der Waals surface area (Å²) in [5.74, 6) is 0.973. The zero-order chi connectivity index (χ0) is 16.5. The topological polar surface area (TPSA) is 57.7 Å². The summed E-state index contributed by atoms with van der Waals surface area (Å²) in [4.78, 5) is 15.9. The number of rotatable bonds is 8. The monoisotopic (exact) mass is 315 g/mol. The predicted molar refractivity (Wildman–Crippen MR) is 86.6 cm³/mol. The summed E-state index contributed by atoms with van der Waals surface area (Å²) in [6.45, 7) is 2.04. The van der Waals surface area contributed by atoms with E-state index in [4.69, 9.17) is 14.2 Å². The van der Waals surface area contributed by atoms with Gasteiger partial charge < -0.3 is 14.2 Å². The number of benzene rings is 1. The lowest BCUT2D eigenvalue weighted by atomic mass is 10.2. The molecule has 0 radical (unpaired) electrons. The largest absolute Gasteiger partial charge is 0.497 e. The van der Waals surface area contributed by atoms with Crippen LogP contribution in [0.3, 0.4) is 0 Å². The van der Waals surface area contributed by atoms with E-state index < -0.39 is 6.10 Å². The fraction of sp³-hybridized carbons (Fsp3) is 0.333. The highest BCUT2D eigenvalue weighted by Gasteiger charge is 2.16. The summed E-state index contributed by atoms with van der Waals surface area (Å²) in [5.41, 5.74) is 1.13. The SMILES string of the molecule is COc1ccc(OC(C)C(=O)OCCCc2cccnc2)cc1. The van der Waals surface area contributed by atoms with Crippen LogP contribution < -0.4 is 9.47 Å². The fourth-order valence-electron chi connectivity index (χ4n) is 2.02. The van der Waals surface area contributed by atoms with Crippen molar-refractivity contribution in [1.29, 1.82) is 0 Å². The highest BCUT2D eigenvalue weighted by molar-refractivity contribution is 5.74. The van der Waals surface area contributed by atoms with E-state index in [9.17, 15) is 4.79 Å². The van der Waals surface area contributed by atoms with Crippen LogP contribution in [0.4, 0.5) is 0 Å². The zero-order valence-electron chi connectivity index (χ0n) is 13.4. The average molecular weight is 315 g/mol. The van der Waals surface area contributed by atoms with E-state index in [0.717, 1.165) is 24.2 Å². The lowest BCUT2D eigenvalue weighted by molar-refractivity contribution is -0.151. The Kier molecular flexibility index (Phi) is 6.41. The van der Waals surface area contributed by atoms with Gasteiger partial charge in [-0.15, -0.1) is 0 Å². The lowest BCUT2D eigenvalue weighted by Crippen LogP contribution is -2.26. The molecule has 1 atom stereocenters. The summed E-state index contributed by atoms with van der Waals surface area (Å²) in [6.07, 6.45) is 4.49. The Morgan fingerprint density at radius 2 is 1.91 bits per heavy atom. The summed E-state index contributed by atoms with van der Waals surface area (Å²) >= 11 is 0. The standard InChI is InChI=1S/C18H21NO4/c1-14(23-17-9-7-16(21-2)8-10-17)18(20)22-12-4-6-15-5-3-11-19-13-15/h3,5,7-11,13-14H,4,6,12H2,1-2H3. The molecule has 1 heterocycles. The molecule has 0 aliphatic carbocycles. The molecular formula is C18H21NO4. The van der Waals surface area contributed by atoms with Crippen LogP contribution in [0, 0.1) is 0 Å². The number of methoxy groups -OCH3 is 1. The minimum atomic E-state index is -0.651. The summed E-state index contributed by atoms with van der Waals surface area (Å²) < 4.78 is 15.9. The molecule has 0 saturated heterocycles. The number of aromatic nitrogens is 1. The second-order valence-electron chi connectivity index (χ2n) is 5.07. The van der Waals surface area contributed by atoms with Gasteiger partial charge in [-0.05, 0) is 55.7 Å². The van der Waals surface area contributed by atoms with E-state index in [1.807, 2.05) is 18.3 Å². The molecule has 0 N–H and O–H groups in total. The Labute approximate surface area is 136 Å². The third kappa shape index (κ3) is 5.62. The molecular weight excluding hydrogens is 294 g/mol. The number of hydrogen-bond donors (Lipinski definition) is 0. The predicted octanol–water partition coefficient (Wildman–Crippen LogP) is 3.03. The zero-order valence-corrected chi connectivity index (χ0v) is 13.4. The second kappa shape index (κ2) is 8.78. The van der Waals surface area contributed by atoms with Crippen molar-refractivity contribution in [3.8, 4) is 11.5 Å². The maximum atomic E-state index is 11.9. The molecule has 1 unspecified atom stereocenters. The molecule has 1 aromatic heterocycles. The summed E-state index contributed by atoms with van der Waals surface area (Å²) in [7, 11) is 1.60. The molecule has 0 aliphatic heterocycles. The van der Waals surface area contributed by atoms with Crippen molar-refractivity contribution in [3.05, 3.63) is 54.4 Å². The van der Waals surface area contributed by atoms with Crippen molar-refractivity contribution in [2.45, 2.75) is 25.9 Å². The van der Waals surface area contributed by atoms with Gasteiger partial charge in [0.05, 0.1) is 13.7 Å². The van der Waals surface area contributed by atoms with Crippen molar-refractivity contribution >= 4 is 5.97 Å². The second-order valence-corrected chi connectivity index (χ2v) is 5.07. The molecule has 5 heteroatoms. The van der Waals surface area contributed by atoms with E-state index in [1.165, 1.54) is 0 Å². The number of aryl methyl sites for hydroxylation is 1. The number of nitrogens with zero attached hydrogens (tertiary/aromatic N) is 1. The Bertz CT molecular complexity index is 598. The quantitative estimate of drug-likeness (QED) is 0.553. The van der Waals surface area contributed by atoms with E-state index in [2.05, 4.69) is 4.98 Å². The molecule has 2 aromatic rings. The first-order valence-corrected chi connectivity index (χ1v) is 7.55. The smallest absolute Gasteiger partial charge is 0.347 e. The Morgan fingerprint density at radius 3 is 2.57 bits per heavy atom. The highest BCUT2D eigenvalue weighted by atomic mass is 16.6. The van der Waals surface area contributed by atoms with Crippen LogP contribution in [0.5, 0.6) is 11.5 Å². The molecule has 0 amide bonds. The minimum absolute atomic E-state index is 0.365. The van der Waals surface area contributed by atoms with Gasteiger partial charge in [0.1, 0.15) is 11.5 Å². The van der Waals surface area contributed by atoms with E-state index in [0.29, 0.717) is 12.4 Å². The van der Waals surface area contributed by atoms with E-state index in [-0.39, 0.29) is 5.97 Å². The first-order valence-electron chi connectivity index (χ1n) is 7.55. The van der Waals surface area contributed by atoms with Crippen LogP contribution in [-0.2, 0) is 16.0 Å². The van der Waals surface area contributed by atoms with Crippen LogP contribution in [0.15, 0.2) is 48.8 Å². The third-order valence-corrected chi connectivity index (χ3v) is 3.28. The summed E-state index contributed by atoms with van der Waals surface area (Å²) in [5, 5.41) is 0. The number of hydrogen-bond acceptors (Lipinski definition) is 5. The number of carbonyl (C=O) groups excluding carboxylic acids is 1. The van der Waals surface area contributed by atoms with Gasteiger partial charge in [0.2, 0.25) is 0 Å². The molecule has 0 fully saturated rings. The van der Waals surface area contributed by atoms with Crippen molar-refractivity contribution in [2.24, 2.45) is 0 Å². The molecule has 1 aromatic carbocycles. The first kappa shape index (κ1) is 16.8. The molecule has 5 nitrogen and oxygen atoms in total. The maximum Gasteiger partial charge on any atom is 0.347 e. The van der Waals surface area contributed by atoms with Crippen molar-refractivity contribution < 1.29 is 19.0 Å². The normalized spacial score (nSPS) is 11.6. The van der Waals surface area contributed by atoms with Crippen LogP contribution >= 0.6 is 0 Å². The minimum Gasteiger partial charge on any atom is -0.497 e. The molecule has 122 valence electrons. The fourth-order valence-corrected chi connectivity index (χ4v) is 2.02. The molecule has 0 spiro atoms. The van der Waals surface area contributed by atoms with Crippen molar-refractivity contribution in [1.82, 2.24) is 4.98 Å². The van der Waals surface area contributed by atoms with Gasteiger partial charge in [0.15, 0.2) is 6.10 Å². The highest BCUT2D eigenvalue weighted by Crippen LogP contribution is 2.18. The number of carbonyl (C=O) groups is 1. The van der Waals surface area contributed by atoms with Gasteiger partial charge in [-0.2, -0.15) is 0 Å². The van der Waals surface area contributed by atoms with Gasteiger partial charge in [0, 0.05) is 12.4 Å². The molecule has 23 heavy (non-hydrogen) atoms. The number of ether oxygens (including phenoxy) is 3. The van der Waals surface area contributed by atoms with E-state index in [1.54, 1.807) is 44.5 Å². The first-order chi connectivity index (χ1) is 11.2. The van der Waals surface area contributed by atoms with Crippen molar-refractivity contribution in [2.75, 3.05) is 13.7 Å². The molecule has 0 bridgehead atoms. The van der Waals surface area contributed by atoms with Crippen LogP contribution in [-0.4, -0.2) is 30.8 Å². The Morgan fingerprint density at radius 1 is 1.17 bits per heavy atom. The number of esters is 1. The van der Waals surface area contributed by atoms with Gasteiger partial charge in [-0.3, -0.25) is 4.98 Å². The van der Waals surface area contributed by atoms with Gasteiger partial charge >= 0.3 is 5.97 Å². The average Bonchev–Trinajstić information content (AvgIpc) is 2.60. The van der Waals surface area contributed by atoms with Gasteiger partial charge in [-0.1, -0.05) is 6.07 Å². The van der Waals surface area contributed by atoms with Gasteiger partial charge in [-0.25, -0.2) is 4.79 Å². The molecule has 0 aliphatic rings. The third-order valence-electron chi connectivity index (χ3n) is 3.28. The van der Waals surface area contributed by atoms with Gasteiger partial charge in [0.25, 0.3) is 0 Å². The van der Waals surface area contributed by atoms with Crippen LogP contribution in [0.25, 0.3) is 0 Å². The number of pyridine rings is 1. The van der Waals surface area contributed by atoms with E-state index >= 15 is 0 Å². The molecule has 0 saturated carbocycles.